The number of hydrogen-bond donors (Lipinski definition) is 2. The van der Waals surface area contributed by atoms with Gasteiger partial charge >= 0.3 is 11.9 Å². The number of pyridine rings is 2. The first-order valence-electron chi connectivity index (χ1n) is 22.2. The number of carboxylic acid groups (broad SMARTS) is 1. The fraction of sp³-hybridized carbons (Fsp3) is 0.373. The number of methoxy groups -OCH3 is 1. The molecule has 2 aromatic heterocycles. The van der Waals surface area contributed by atoms with Gasteiger partial charge in [0.05, 0.1) is 60.1 Å². The molecule has 364 valence electrons. The van der Waals surface area contributed by atoms with Crippen LogP contribution in [0, 0.1) is 17.5 Å². The normalized spacial score (nSPS) is 12.7. The zero-order chi connectivity index (χ0) is 50.4. The van der Waals surface area contributed by atoms with Crippen LogP contribution < -0.4 is 15.6 Å². The molecule has 0 aliphatic rings. The highest BCUT2D eigenvalue weighted by molar-refractivity contribution is 6.74. The average molecular weight is 998 g/mol. The summed E-state index contributed by atoms with van der Waals surface area (Å²) in [6.45, 7) is 16.4. The van der Waals surface area contributed by atoms with E-state index in [9.17, 15) is 38.2 Å². The minimum absolute atomic E-state index is 0.0103. The fourth-order valence-electron chi connectivity index (χ4n) is 7.52. The van der Waals surface area contributed by atoms with Crippen LogP contribution >= 0.6 is 23.2 Å². The van der Waals surface area contributed by atoms with Gasteiger partial charge in [0.1, 0.15) is 34.3 Å². The van der Waals surface area contributed by atoms with Gasteiger partial charge < -0.3 is 33.2 Å². The molecule has 0 saturated heterocycles. The van der Waals surface area contributed by atoms with Crippen molar-refractivity contribution in [2.24, 2.45) is 0 Å². The average Bonchev–Trinajstić information content (AvgIpc) is 3.28. The third-order valence-electron chi connectivity index (χ3n) is 12.6. The maximum absolute atomic E-state index is 15.4. The lowest BCUT2D eigenvalue weighted by Crippen LogP contribution is -2.42. The molecule has 17 heteroatoms. The molecule has 6 aromatic rings. The zero-order valence-corrected chi connectivity index (χ0v) is 42.1. The van der Waals surface area contributed by atoms with Crippen LogP contribution in [0.4, 0.5) is 13.2 Å². The van der Waals surface area contributed by atoms with Gasteiger partial charge in [-0.1, -0.05) is 82.1 Å². The maximum atomic E-state index is 15.4. The molecule has 0 bridgehead atoms. The highest BCUT2D eigenvalue weighted by atomic mass is 35.5. The van der Waals surface area contributed by atoms with E-state index in [2.05, 4.69) is 33.9 Å². The molecule has 2 atom stereocenters. The quantitative estimate of drug-likeness (QED) is 0.0714. The van der Waals surface area contributed by atoms with E-state index < -0.39 is 60.2 Å². The lowest BCUT2D eigenvalue weighted by atomic mass is 9.99. The lowest BCUT2D eigenvalue weighted by molar-refractivity contribution is 0.0523. The van der Waals surface area contributed by atoms with Crippen LogP contribution in [-0.4, -0.2) is 66.5 Å². The number of fused-ring (bicyclic) bond motifs is 2. The van der Waals surface area contributed by atoms with Crippen LogP contribution in [0.25, 0.3) is 21.8 Å². The predicted molar refractivity (Wildman–Crippen MR) is 263 cm³/mol. The molecule has 11 nitrogen and oxygen atoms in total. The molecule has 2 unspecified atom stereocenters. The summed E-state index contributed by atoms with van der Waals surface area (Å²) in [5, 5.41) is 19.4. The van der Waals surface area contributed by atoms with Crippen LogP contribution in [0.2, 0.25) is 28.2 Å². The Kier molecular flexibility index (Phi) is 17.6. The van der Waals surface area contributed by atoms with E-state index in [1.54, 1.807) is 40.3 Å². The largest absolute Gasteiger partial charge is 0.496 e. The van der Waals surface area contributed by atoms with Crippen molar-refractivity contribution in [3.63, 3.8) is 0 Å². The first kappa shape index (κ1) is 53.5. The van der Waals surface area contributed by atoms with Gasteiger partial charge in [0.2, 0.25) is 10.9 Å². The number of aromatic nitrogens is 2. The van der Waals surface area contributed by atoms with E-state index in [0.717, 1.165) is 0 Å². The molecule has 2 N–H and O–H groups in total. The van der Waals surface area contributed by atoms with Gasteiger partial charge in [-0.05, 0) is 90.5 Å². The van der Waals surface area contributed by atoms with Crippen molar-refractivity contribution in [3.05, 3.63) is 154 Å². The number of carbonyl (C=O) groups is 2. The van der Waals surface area contributed by atoms with Gasteiger partial charge in [-0.2, -0.15) is 0 Å². The number of halogens is 5. The Morgan fingerprint density at radius 1 is 0.750 bits per heavy atom. The van der Waals surface area contributed by atoms with E-state index in [1.807, 2.05) is 13.8 Å². The van der Waals surface area contributed by atoms with Crippen LogP contribution in [0.5, 0.6) is 5.75 Å². The van der Waals surface area contributed by atoms with E-state index in [1.165, 1.54) is 55.9 Å². The van der Waals surface area contributed by atoms with Crippen LogP contribution in [-0.2, 0) is 22.0 Å². The molecule has 6 rings (SSSR count). The summed E-state index contributed by atoms with van der Waals surface area (Å²) in [5.74, 6) is -3.49. The summed E-state index contributed by atoms with van der Waals surface area (Å²) in [5.41, 5.74) is 0.141. The second-order valence-electron chi connectivity index (χ2n) is 17.9. The smallest absolute Gasteiger partial charge is 0.343 e. The number of hydrogen-bond acceptors (Lipinski definition) is 8. The van der Waals surface area contributed by atoms with Crippen LogP contribution in [0.1, 0.15) is 109 Å². The molecular weight excluding hydrogens is 941 g/mol. The Labute approximate surface area is 404 Å². The molecule has 2 heterocycles. The number of benzene rings is 4. The van der Waals surface area contributed by atoms with Gasteiger partial charge in [0.15, 0.2) is 8.32 Å². The van der Waals surface area contributed by atoms with E-state index in [0.29, 0.717) is 47.4 Å². The standard InChI is InChI=1S/C29H36ClF2NO4Si.C22H21ClFNO5/c1-8-20(17-37-38(6,7)29(3,4)5)33-16-22(28(35)36-9-2)27(34)21-14-19(24(31)15-25(21)33)13-18-11-10-12-23(30)26(18)32;1-3-14(11-26)25-10-16(22(28)29)21(27)15-8-13(19(30-2)9-18(15)25)7-12-5-4-6-17(23)20(12)24/h10-12,14-16,20H,8-9,13,17H2,1-7H3;4-6,8-10,14,26H,3,7,11H2,1-2H3,(H,28,29). The first-order chi connectivity index (χ1) is 32.0. The van der Waals surface area contributed by atoms with Crippen molar-refractivity contribution in [1.29, 1.82) is 0 Å². The summed E-state index contributed by atoms with van der Waals surface area (Å²) in [6, 6.07) is 14.3. The van der Waals surface area contributed by atoms with Crippen LogP contribution in [0.15, 0.2) is 82.6 Å². The molecule has 4 aromatic carbocycles. The fourth-order valence-corrected chi connectivity index (χ4v) is 8.95. The second-order valence-corrected chi connectivity index (χ2v) is 23.5. The summed E-state index contributed by atoms with van der Waals surface area (Å²) in [4.78, 5) is 50.7. The molecule has 0 spiro atoms. The Bertz CT molecular complexity index is 2970. The zero-order valence-electron chi connectivity index (χ0n) is 39.6. The van der Waals surface area contributed by atoms with E-state index in [4.69, 9.17) is 37.1 Å². The van der Waals surface area contributed by atoms with Crippen molar-refractivity contribution < 1.29 is 46.9 Å². The summed E-state index contributed by atoms with van der Waals surface area (Å²) in [7, 11) is -0.649. The number of aromatic carboxylic acids is 1. The number of nitrogens with zero attached hydrogens (tertiary/aromatic N) is 2. The number of aliphatic hydroxyl groups excluding tert-OH is 1. The van der Waals surface area contributed by atoms with Gasteiger partial charge in [0.25, 0.3) is 0 Å². The topological polar surface area (TPSA) is 146 Å². The molecule has 0 amide bonds. The highest BCUT2D eigenvalue weighted by Gasteiger charge is 2.38. The number of carboxylic acids is 1. The Hall–Kier alpha value is -5.45. The summed E-state index contributed by atoms with van der Waals surface area (Å²) >= 11 is 11.8. The minimum Gasteiger partial charge on any atom is -0.496 e. The van der Waals surface area contributed by atoms with Crippen molar-refractivity contribution in [3.8, 4) is 5.75 Å². The van der Waals surface area contributed by atoms with E-state index >= 15 is 4.39 Å². The van der Waals surface area contributed by atoms with Gasteiger partial charge in [-0.3, -0.25) is 9.59 Å². The first-order valence-corrected chi connectivity index (χ1v) is 25.8. The molecule has 0 aliphatic carbocycles. The molecular formula is C51H57Cl2F3N2O9Si. The molecule has 0 saturated carbocycles. The summed E-state index contributed by atoms with van der Waals surface area (Å²) < 4.78 is 64.8. The number of aliphatic hydroxyl groups is 1. The number of ether oxygens (including phenoxy) is 2. The number of carbonyl (C=O) groups excluding carboxylic acids is 1. The Morgan fingerprint density at radius 2 is 1.25 bits per heavy atom. The van der Waals surface area contributed by atoms with E-state index in [-0.39, 0.29) is 74.6 Å². The van der Waals surface area contributed by atoms with Gasteiger partial charge in [-0.15, -0.1) is 0 Å². The SMILES string of the molecule is CCC(CO)n1cc(C(=O)O)c(=O)c2cc(Cc3cccc(Cl)c3F)c(OC)cc21.CCOC(=O)c1cn(C(CC)CO[Si](C)(C)C(C)(C)C)c2cc(F)c(Cc3cccc(Cl)c3F)cc2c1=O. The van der Waals surface area contributed by atoms with Crippen molar-refractivity contribution in [1.82, 2.24) is 9.13 Å². The van der Waals surface area contributed by atoms with Crippen molar-refractivity contribution in [2.75, 3.05) is 26.9 Å². The third-order valence-corrected chi connectivity index (χ3v) is 17.7. The Morgan fingerprint density at radius 3 is 1.75 bits per heavy atom. The molecule has 0 aliphatic heterocycles. The minimum atomic E-state index is -2.10. The van der Waals surface area contributed by atoms with Crippen LogP contribution in [0.3, 0.4) is 0 Å². The van der Waals surface area contributed by atoms with Gasteiger partial charge in [-0.25, -0.2) is 22.8 Å². The van der Waals surface area contributed by atoms with Crippen molar-refractivity contribution >= 4 is 65.3 Å². The van der Waals surface area contributed by atoms with Crippen molar-refractivity contribution in [2.45, 2.75) is 97.4 Å². The maximum Gasteiger partial charge on any atom is 0.343 e. The Balaban J connectivity index is 0.000000261. The number of esters is 1. The summed E-state index contributed by atoms with van der Waals surface area (Å²) in [6.07, 6.45) is 3.81. The monoisotopic (exact) mass is 996 g/mol. The number of rotatable bonds is 16. The highest BCUT2D eigenvalue weighted by Crippen LogP contribution is 2.38. The second kappa shape index (κ2) is 22.3. The lowest BCUT2D eigenvalue weighted by Gasteiger charge is -2.37. The molecule has 0 fully saturated rings. The molecule has 68 heavy (non-hydrogen) atoms. The molecule has 0 radical (unpaired) electrons. The predicted octanol–water partition coefficient (Wildman–Crippen LogP) is 11.7. The third kappa shape index (κ3) is 11.5. The van der Waals surface area contributed by atoms with Gasteiger partial charge in [0, 0.05) is 42.1 Å².